The Balaban J connectivity index is 1.57. The van der Waals surface area contributed by atoms with Crippen LogP contribution in [0, 0.1) is 0 Å². The second-order valence-corrected chi connectivity index (χ2v) is 6.31. The summed E-state index contributed by atoms with van der Waals surface area (Å²) in [7, 11) is 0. The summed E-state index contributed by atoms with van der Waals surface area (Å²) in [6.07, 6.45) is 5.54. The Kier molecular flexibility index (Phi) is 3.26. The molecule has 2 heterocycles. The SMILES string of the molecule is c1ccc(CC2(c3nc(C4CCOC4)no3)CCC2)cc1. The second kappa shape index (κ2) is 5.26. The summed E-state index contributed by atoms with van der Waals surface area (Å²) in [5.74, 6) is 1.98. The van der Waals surface area contributed by atoms with Crippen LogP contribution in [-0.4, -0.2) is 23.4 Å². The summed E-state index contributed by atoms with van der Waals surface area (Å²) in [5.41, 5.74) is 1.41. The van der Waals surface area contributed by atoms with Gasteiger partial charge in [0, 0.05) is 12.5 Å². The molecule has 0 bridgehead atoms. The minimum Gasteiger partial charge on any atom is -0.381 e. The van der Waals surface area contributed by atoms with Crippen molar-refractivity contribution in [3.63, 3.8) is 0 Å². The Hall–Kier alpha value is -1.68. The van der Waals surface area contributed by atoms with E-state index in [4.69, 9.17) is 14.2 Å². The zero-order valence-electron chi connectivity index (χ0n) is 12.1. The molecule has 1 aromatic heterocycles. The molecule has 1 aromatic carbocycles. The Bertz CT molecular complexity index is 598. The zero-order chi connectivity index (χ0) is 14.1. The monoisotopic (exact) mass is 284 g/mol. The molecule has 1 aliphatic carbocycles. The average molecular weight is 284 g/mol. The van der Waals surface area contributed by atoms with Crippen molar-refractivity contribution >= 4 is 0 Å². The van der Waals surface area contributed by atoms with Gasteiger partial charge in [-0.15, -0.1) is 0 Å². The molecule has 1 saturated carbocycles. The third-order valence-electron chi connectivity index (χ3n) is 4.89. The van der Waals surface area contributed by atoms with Gasteiger partial charge in [-0.2, -0.15) is 4.98 Å². The number of hydrogen-bond donors (Lipinski definition) is 0. The maximum Gasteiger partial charge on any atom is 0.233 e. The molecule has 2 aromatic rings. The number of aromatic nitrogens is 2. The highest BCUT2D eigenvalue weighted by atomic mass is 16.5. The van der Waals surface area contributed by atoms with E-state index in [-0.39, 0.29) is 5.41 Å². The largest absolute Gasteiger partial charge is 0.381 e. The molecular weight excluding hydrogens is 264 g/mol. The first-order chi connectivity index (χ1) is 10.4. The summed E-state index contributed by atoms with van der Waals surface area (Å²) in [6, 6.07) is 10.6. The number of rotatable bonds is 4. The van der Waals surface area contributed by atoms with Crippen LogP contribution in [0.25, 0.3) is 0 Å². The van der Waals surface area contributed by atoms with E-state index in [0.717, 1.165) is 50.6 Å². The van der Waals surface area contributed by atoms with Gasteiger partial charge in [0.1, 0.15) is 0 Å². The topological polar surface area (TPSA) is 48.2 Å². The van der Waals surface area contributed by atoms with Gasteiger partial charge in [0.2, 0.25) is 5.89 Å². The van der Waals surface area contributed by atoms with Crippen molar-refractivity contribution in [1.82, 2.24) is 10.1 Å². The molecule has 0 amide bonds. The number of ether oxygens (including phenoxy) is 1. The minimum absolute atomic E-state index is 0.0616. The van der Waals surface area contributed by atoms with Crippen LogP contribution < -0.4 is 0 Å². The molecule has 2 aliphatic rings. The summed E-state index contributed by atoms with van der Waals surface area (Å²) < 4.78 is 11.1. The lowest BCUT2D eigenvalue weighted by Gasteiger charge is -2.38. The number of benzene rings is 1. The van der Waals surface area contributed by atoms with E-state index in [1.165, 1.54) is 12.0 Å². The van der Waals surface area contributed by atoms with E-state index < -0.39 is 0 Å². The molecule has 0 N–H and O–H groups in total. The van der Waals surface area contributed by atoms with Gasteiger partial charge in [-0.05, 0) is 31.2 Å². The maximum atomic E-state index is 5.64. The maximum absolute atomic E-state index is 5.64. The van der Waals surface area contributed by atoms with Crippen molar-refractivity contribution in [1.29, 1.82) is 0 Å². The lowest BCUT2D eigenvalue weighted by molar-refractivity contribution is 0.172. The van der Waals surface area contributed by atoms with Crippen LogP contribution in [0.3, 0.4) is 0 Å². The summed E-state index contributed by atoms with van der Waals surface area (Å²) in [6.45, 7) is 1.54. The van der Waals surface area contributed by atoms with Gasteiger partial charge in [0.15, 0.2) is 5.82 Å². The van der Waals surface area contributed by atoms with Gasteiger partial charge < -0.3 is 9.26 Å². The molecule has 1 saturated heterocycles. The number of nitrogens with zero attached hydrogens (tertiary/aromatic N) is 2. The van der Waals surface area contributed by atoms with E-state index >= 15 is 0 Å². The van der Waals surface area contributed by atoms with E-state index in [1.807, 2.05) is 0 Å². The summed E-state index contributed by atoms with van der Waals surface area (Å²) >= 11 is 0. The fourth-order valence-corrected chi connectivity index (χ4v) is 3.41. The second-order valence-electron chi connectivity index (χ2n) is 6.31. The highest BCUT2D eigenvalue weighted by molar-refractivity contribution is 5.23. The molecular formula is C17H20N2O2. The van der Waals surface area contributed by atoms with Gasteiger partial charge in [-0.25, -0.2) is 0 Å². The molecule has 0 radical (unpaired) electrons. The summed E-state index contributed by atoms with van der Waals surface area (Å²) in [4.78, 5) is 4.72. The third kappa shape index (κ3) is 2.38. The number of hydrogen-bond acceptors (Lipinski definition) is 4. The van der Waals surface area contributed by atoms with Crippen molar-refractivity contribution in [3.8, 4) is 0 Å². The predicted molar refractivity (Wildman–Crippen MR) is 78.2 cm³/mol. The van der Waals surface area contributed by atoms with E-state index in [0.29, 0.717) is 5.92 Å². The molecule has 4 heteroatoms. The van der Waals surface area contributed by atoms with Crippen molar-refractivity contribution < 1.29 is 9.26 Å². The quantitative estimate of drug-likeness (QED) is 0.864. The average Bonchev–Trinajstić information content (AvgIpc) is 3.14. The Morgan fingerprint density at radius 1 is 1.19 bits per heavy atom. The molecule has 0 spiro atoms. The zero-order valence-corrected chi connectivity index (χ0v) is 12.1. The third-order valence-corrected chi connectivity index (χ3v) is 4.89. The normalized spacial score (nSPS) is 23.9. The standard InChI is InChI=1S/C17H20N2O2/c1-2-5-13(6-3-1)11-17(8-4-9-17)16-18-15(19-21-16)14-7-10-20-12-14/h1-3,5-6,14H,4,7-12H2. The fourth-order valence-electron chi connectivity index (χ4n) is 3.41. The molecule has 4 nitrogen and oxygen atoms in total. The summed E-state index contributed by atoms with van der Waals surface area (Å²) in [5, 5.41) is 4.22. The first-order valence-corrected chi connectivity index (χ1v) is 7.81. The van der Waals surface area contributed by atoms with Crippen LogP contribution in [0.5, 0.6) is 0 Å². The highest BCUT2D eigenvalue weighted by Gasteiger charge is 2.44. The van der Waals surface area contributed by atoms with Crippen LogP contribution in [0.1, 0.15) is 48.9 Å². The predicted octanol–water partition coefficient (Wildman–Crippen LogP) is 3.24. The van der Waals surface area contributed by atoms with Crippen LogP contribution in [0.4, 0.5) is 0 Å². The van der Waals surface area contributed by atoms with Crippen molar-refractivity contribution in [3.05, 3.63) is 47.6 Å². The highest BCUT2D eigenvalue weighted by Crippen LogP contribution is 2.45. The van der Waals surface area contributed by atoms with E-state index in [9.17, 15) is 0 Å². The Labute approximate surface area is 124 Å². The molecule has 2 fully saturated rings. The van der Waals surface area contributed by atoms with Crippen LogP contribution >= 0.6 is 0 Å². The Morgan fingerprint density at radius 3 is 2.71 bits per heavy atom. The van der Waals surface area contributed by atoms with E-state index in [2.05, 4.69) is 35.5 Å². The van der Waals surface area contributed by atoms with Gasteiger partial charge in [0.05, 0.1) is 12.0 Å². The molecule has 1 atom stereocenters. The fraction of sp³-hybridized carbons (Fsp3) is 0.529. The molecule has 1 aliphatic heterocycles. The Morgan fingerprint density at radius 2 is 2.05 bits per heavy atom. The molecule has 21 heavy (non-hydrogen) atoms. The van der Waals surface area contributed by atoms with E-state index in [1.54, 1.807) is 0 Å². The lowest BCUT2D eigenvalue weighted by Crippen LogP contribution is -2.37. The van der Waals surface area contributed by atoms with Gasteiger partial charge in [-0.1, -0.05) is 41.9 Å². The van der Waals surface area contributed by atoms with Gasteiger partial charge in [0.25, 0.3) is 0 Å². The van der Waals surface area contributed by atoms with Crippen LogP contribution in [-0.2, 0) is 16.6 Å². The van der Waals surface area contributed by atoms with Crippen molar-refractivity contribution in [2.24, 2.45) is 0 Å². The van der Waals surface area contributed by atoms with Crippen molar-refractivity contribution in [2.75, 3.05) is 13.2 Å². The molecule has 4 rings (SSSR count). The van der Waals surface area contributed by atoms with Crippen molar-refractivity contribution in [2.45, 2.75) is 43.4 Å². The lowest BCUT2D eigenvalue weighted by atomic mass is 9.65. The van der Waals surface area contributed by atoms with Gasteiger partial charge in [-0.3, -0.25) is 0 Å². The first kappa shape index (κ1) is 13.0. The van der Waals surface area contributed by atoms with Crippen LogP contribution in [0.2, 0.25) is 0 Å². The molecule has 110 valence electrons. The first-order valence-electron chi connectivity index (χ1n) is 7.81. The smallest absolute Gasteiger partial charge is 0.233 e. The van der Waals surface area contributed by atoms with Gasteiger partial charge >= 0.3 is 0 Å². The van der Waals surface area contributed by atoms with Crippen LogP contribution in [0.15, 0.2) is 34.9 Å². The minimum atomic E-state index is 0.0616. The molecule has 1 unspecified atom stereocenters.